The fourth-order valence-electron chi connectivity index (χ4n) is 3.01. The summed E-state index contributed by atoms with van der Waals surface area (Å²) in [5.74, 6) is 2.86. The van der Waals surface area contributed by atoms with Crippen LogP contribution in [0.2, 0.25) is 0 Å². The Balaban J connectivity index is 2.25. The normalized spacial score (nSPS) is 11.1. The lowest BCUT2D eigenvalue weighted by Gasteiger charge is -2.18. The molecule has 1 heterocycles. The maximum absolute atomic E-state index is 5.98. The van der Waals surface area contributed by atoms with Gasteiger partial charge in [0.15, 0.2) is 11.5 Å². The van der Waals surface area contributed by atoms with Crippen LogP contribution < -0.4 is 25.4 Å². The number of ether oxygens (including phenoxy) is 2. The lowest BCUT2D eigenvalue weighted by molar-refractivity contribution is 0.286. The van der Waals surface area contributed by atoms with Crippen molar-refractivity contribution in [2.75, 3.05) is 71.8 Å². The zero-order valence-corrected chi connectivity index (χ0v) is 18.5. The predicted octanol–water partition coefficient (Wildman–Crippen LogP) is 2.58. The van der Waals surface area contributed by atoms with Crippen LogP contribution in [0.4, 0.5) is 11.8 Å². The van der Waals surface area contributed by atoms with Crippen LogP contribution in [-0.2, 0) is 0 Å². The van der Waals surface area contributed by atoms with Crippen LogP contribution in [0.1, 0.15) is 25.7 Å². The molecule has 0 unspecified atom stereocenters. The fourth-order valence-corrected chi connectivity index (χ4v) is 3.01. The van der Waals surface area contributed by atoms with Crippen LogP contribution in [0.3, 0.4) is 0 Å². The van der Waals surface area contributed by atoms with E-state index < -0.39 is 0 Å². The first-order chi connectivity index (χ1) is 14.0. The molecular weight excluding hydrogens is 368 g/mol. The summed E-state index contributed by atoms with van der Waals surface area (Å²) in [5.41, 5.74) is 6.38. The van der Waals surface area contributed by atoms with Gasteiger partial charge in [-0.3, -0.25) is 0 Å². The molecule has 2 rings (SSSR count). The minimum Gasteiger partial charge on any atom is -0.493 e. The van der Waals surface area contributed by atoms with Gasteiger partial charge < -0.3 is 30.3 Å². The topological polar surface area (TPSA) is 88.8 Å². The number of benzene rings is 1. The van der Waals surface area contributed by atoms with Crippen molar-refractivity contribution in [3.63, 3.8) is 0 Å². The molecule has 2 aromatic rings. The second kappa shape index (κ2) is 11.6. The van der Waals surface area contributed by atoms with Gasteiger partial charge in [-0.15, -0.1) is 0 Å². The largest absolute Gasteiger partial charge is 0.493 e. The molecule has 0 fully saturated rings. The molecule has 0 amide bonds. The number of unbranched alkanes of at least 4 members (excludes halogenated alkanes) is 2. The van der Waals surface area contributed by atoms with E-state index in [-0.39, 0.29) is 0 Å². The molecule has 8 nitrogen and oxygen atoms in total. The summed E-state index contributed by atoms with van der Waals surface area (Å²) in [6.07, 6.45) is 4.05. The molecule has 0 bridgehead atoms. The molecular formula is C21H36N6O2. The molecule has 0 aliphatic carbocycles. The van der Waals surface area contributed by atoms with Gasteiger partial charge in [-0.25, -0.2) is 4.98 Å². The summed E-state index contributed by atoms with van der Waals surface area (Å²) in [5, 5.41) is 4.27. The van der Waals surface area contributed by atoms with Crippen LogP contribution in [0.5, 0.6) is 11.5 Å². The van der Waals surface area contributed by atoms with Crippen molar-refractivity contribution < 1.29 is 9.47 Å². The second-order valence-corrected chi connectivity index (χ2v) is 7.57. The van der Waals surface area contributed by atoms with Crippen molar-refractivity contribution in [1.82, 2.24) is 14.9 Å². The van der Waals surface area contributed by atoms with E-state index in [1.54, 1.807) is 7.11 Å². The van der Waals surface area contributed by atoms with Gasteiger partial charge >= 0.3 is 0 Å². The number of nitrogens with one attached hydrogen (secondary N) is 1. The Bertz CT molecular complexity index is 766. The smallest absolute Gasteiger partial charge is 0.225 e. The van der Waals surface area contributed by atoms with Crippen molar-refractivity contribution in [2.45, 2.75) is 25.7 Å². The average molecular weight is 405 g/mol. The molecule has 0 saturated heterocycles. The van der Waals surface area contributed by atoms with E-state index in [4.69, 9.17) is 25.2 Å². The van der Waals surface area contributed by atoms with Gasteiger partial charge in [-0.05, 0) is 58.9 Å². The zero-order chi connectivity index (χ0) is 21.2. The average Bonchev–Trinajstić information content (AvgIpc) is 2.69. The lowest BCUT2D eigenvalue weighted by atomic mass is 10.2. The van der Waals surface area contributed by atoms with E-state index >= 15 is 0 Å². The standard InChI is InChI=1S/C21H36N6O2/c1-26(2)12-9-11-23-21-24-17-15-19(29-13-8-6-7-10-22)18(28-5)14-16(17)20(25-21)27(3)4/h14-15H,6-13,22H2,1-5H3,(H,23,24,25). The maximum Gasteiger partial charge on any atom is 0.225 e. The monoisotopic (exact) mass is 404 g/mol. The Labute approximate surface area is 174 Å². The zero-order valence-electron chi connectivity index (χ0n) is 18.5. The molecule has 29 heavy (non-hydrogen) atoms. The third kappa shape index (κ3) is 6.90. The van der Waals surface area contributed by atoms with Gasteiger partial charge in [-0.1, -0.05) is 0 Å². The molecule has 0 spiro atoms. The Morgan fingerprint density at radius 1 is 1.00 bits per heavy atom. The van der Waals surface area contributed by atoms with Crippen molar-refractivity contribution in [2.24, 2.45) is 5.73 Å². The van der Waals surface area contributed by atoms with Crippen LogP contribution in [0.15, 0.2) is 12.1 Å². The highest BCUT2D eigenvalue weighted by molar-refractivity contribution is 5.93. The third-order valence-corrected chi connectivity index (χ3v) is 4.56. The highest BCUT2D eigenvalue weighted by Crippen LogP contribution is 2.35. The molecule has 0 aliphatic rings. The van der Waals surface area contributed by atoms with Gasteiger partial charge in [0, 0.05) is 32.1 Å². The summed E-state index contributed by atoms with van der Waals surface area (Å²) < 4.78 is 11.5. The Kier molecular flexibility index (Phi) is 9.21. The highest BCUT2D eigenvalue weighted by Gasteiger charge is 2.15. The van der Waals surface area contributed by atoms with Crippen LogP contribution in [-0.4, -0.2) is 76.4 Å². The number of hydrogen-bond acceptors (Lipinski definition) is 8. The molecule has 162 valence electrons. The van der Waals surface area contributed by atoms with E-state index in [1.807, 2.05) is 31.1 Å². The number of nitrogens with zero attached hydrogens (tertiary/aromatic N) is 4. The summed E-state index contributed by atoms with van der Waals surface area (Å²) in [6.45, 7) is 3.18. The molecule has 8 heteroatoms. The molecule has 0 saturated carbocycles. The van der Waals surface area contributed by atoms with Gasteiger partial charge in [0.05, 0.1) is 19.2 Å². The highest BCUT2D eigenvalue weighted by atomic mass is 16.5. The van der Waals surface area contributed by atoms with E-state index in [0.717, 1.165) is 55.5 Å². The number of rotatable bonds is 13. The van der Waals surface area contributed by atoms with E-state index in [0.29, 0.717) is 30.6 Å². The summed E-state index contributed by atoms with van der Waals surface area (Å²) in [4.78, 5) is 13.6. The van der Waals surface area contributed by atoms with Crippen molar-refractivity contribution in [1.29, 1.82) is 0 Å². The quantitative estimate of drug-likeness (QED) is 0.493. The molecule has 3 N–H and O–H groups in total. The summed E-state index contributed by atoms with van der Waals surface area (Å²) in [6, 6.07) is 3.90. The SMILES string of the molecule is COc1cc2c(N(C)C)nc(NCCCN(C)C)nc2cc1OCCCCCN. The maximum atomic E-state index is 5.98. The van der Waals surface area contributed by atoms with Gasteiger partial charge in [-0.2, -0.15) is 4.98 Å². The van der Waals surface area contributed by atoms with Crippen molar-refractivity contribution in [3.05, 3.63) is 12.1 Å². The number of methoxy groups -OCH3 is 1. The van der Waals surface area contributed by atoms with Crippen LogP contribution in [0.25, 0.3) is 10.9 Å². The van der Waals surface area contributed by atoms with E-state index in [1.165, 1.54) is 0 Å². The number of anilines is 2. The molecule has 0 aliphatic heterocycles. The first-order valence-electron chi connectivity index (χ1n) is 10.2. The number of hydrogen-bond donors (Lipinski definition) is 2. The summed E-state index contributed by atoms with van der Waals surface area (Å²) >= 11 is 0. The molecule has 0 radical (unpaired) electrons. The molecule has 1 aromatic heterocycles. The van der Waals surface area contributed by atoms with Crippen molar-refractivity contribution >= 4 is 22.7 Å². The predicted molar refractivity (Wildman–Crippen MR) is 120 cm³/mol. The minimum atomic E-state index is 0.624. The van der Waals surface area contributed by atoms with Crippen LogP contribution >= 0.6 is 0 Å². The first kappa shape index (κ1) is 23.0. The van der Waals surface area contributed by atoms with E-state index in [9.17, 15) is 0 Å². The fraction of sp³-hybridized carbons (Fsp3) is 0.619. The van der Waals surface area contributed by atoms with E-state index in [2.05, 4.69) is 24.3 Å². The van der Waals surface area contributed by atoms with Gasteiger partial charge in [0.2, 0.25) is 5.95 Å². The number of aromatic nitrogens is 2. The second-order valence-electron chi connectivity index (χ2n) is 7.57. The van der Waals surface area contributed by atoms with Crippen molar-refractivity contribution in [3.8, 4) is 11.5 Å². The molecule has 1 aromatic carbocycles. The van der Waals surface area contributed by atoms with Gasteiger partial charge in [0.1, 0.15) is 5.82 Å². The first-order valence-corrected chi connectivity index (χ1v) is 10.2. The molecule has 0 atom stereocenters. The van der Waals surface area contributed by atoms with Gasteiger partial charge in [0.25, 0.3) is 0 Å². The number of nitrogens with two attached hydrogens (primary N) is 1. The number of fused-ring (bicyclic) bond motifs is 1. The third-order valence-electron chi connectivity index (χ3n) is 4.56. The Morgan fingerprint density at radius 3 is 2.45 bits per heavy atom. The Morgan fingerprint density at radius 2 is 1.79 bits per heavy atom. The minimum absolute atomic E-state index is 0.624. The summed E-state index contributed by atoms with van der Waals surface area (Å²) in [7, 11) is 9.75. The lowest BCUT2D eigenvalue weighted by Crippen LogP contribution is -2.18. The Hall–Kier alpha value is -2.32. The van der Waals surface area contributed by atoms with Crippen LogP contribution in [0, 0.1) is 0 Å².